The Labute approximate surface area is 237 Å². The number of hydrogen-bond acceptors (Lipinski definition) is 6. The highest BCUT2D eigenvalue weighted by Crippen LogP contribution is 2.36. The van der Waals surface area contributed by atoms with Gasteiger partial charge in [-0.15, -0.1) is 0 Å². The number of nitrogens with two attached hydrogens (primary N) is 1. The average molecular weight is 539 g/mol. The molecule has 0 aliphatic rings. The number of methoxy groups -OCH3 is 2. The molecule has 4 aromatic rings. The predicted octanol–water partition coefficient (Wildman–Crippen LogP) is 6.84. The Bertz CT molecular complexity index is 1360. The molecule has 4 rings (SSSR count). The molecule has 208 valence electrons. The number of ether oxygens (including phenoxy) is 3. The van der Waals surface area contributed by atoms with Crippen molar-refractivity contribution >= 4 is 11.1 Å². The van der Waals surface area contributed by atoms with Gasteiger partial charge in [-0.1, -0.05) is 79.7 Å². The standard InChI is InChI=1S/C34H38N2O4/c1-5-30(25-12-8-6-9-13-25)34(26-14-10-7-11-15-26)27-16-18-28(19-17-27)39-21-20-36(2)24-31-32(37-3)22-29(40-35)23-33(31)38-4/h6-19,22-23H,5,20-21,24,35H2,1-4H3/b34-30-. The minimum atomic E-state index is 0.479. The van der Waals surface area contributed by atoms with Gasteiger partial charge in [-0.2, -0.15) is 5.90 Å². The third-order valence-corrected chi connectivity index (χ3v) is 6.87. The number of nitrogens with zero attached hydrogens (tertiary/aromatic N) is 1. The largest absolute Gasteiger partial charge is 0.496 e. The molecule has 6 nitrogen and oxygen atoms in total. The van der Waals surface area contributed by atoms with Crippen LogP contribution in [-0.2, 0) is 6.54 Å². The molecule has 0 aliphatic heterocycles. The SMILES string of the molecule is CC/C(=C(\c1ccccc1)c1ccc(OCCN(C)Cc2c(OC)cc(ON)cc2OC)cc1)c1ccccc1. The fourth-order valence-corrected chi connectivity index (χ4v) is 4.85. The smallest absolute Gasteiger partial charge is 0.154 e. The van der Waals surface area contributed by atoms with Crippen LogP contribution in [0.4, 0.5) is 0 Å². The monoisotopic (exact) mass is 538 g/mol. The molecule has 0 fully saturated rings. The minimum absolute atomic E-state index is 0.479. The van der Waals surface area contributed by atoms with Gasteiger partial charge in [-0.3, -0.25) is 4.90 Å². The first-order valence-electron chi connectivity index (χ1n) is 13.4. The van der Waals surface area contributed by atoms with Crippen molar-refractivity contribution in [3.63, 3.8) is 0 Å². The van der Waals surface area contributed by atoms with Crippen molar-refractivity contribution < 1.29 is 19.0 Å². The Morgan fingerprint density at radius 2 is 1.27 bits per heavy atom. The van der Waals surface area contributed by atoms with Crippen molar-refractivity contribution in [3.8, 4) is 23.0 Å². The summed E-state index contributed by atoms with van der Waals surface area (Å²) in [6, 6.07) is 33.1. The summed E-state index contributed by atoms with van der Waals surface area (Å²) in [4.78, 5) is 7.02. The van der Waals surface area contributed by atoms with Crippen molar-refractivity contribution in [1.29, 1.82) is 0 Å². The van der Waals surface area contributed by atoms with E-state index in [1.165, 1.54) is 27.8 Å². The first-order valence-corrected chi connectivity index (χ1v) is 13.4. The van der Waals surface area contributed by atoms with E-state index in [2.05, 4.69) is 84.6 Å². The summed E-state index contributed by atoms with van der Waals surface area (Å²) in [5.74, 6) is 7.97. The summed E-state index contributed by atoms with van der Waals surface area (Å²) in [6.45, 7) is 4.08. The highest BCUT2D eigenvalue weighted by molar-refractivity contribution is 5.98. The lowest BCUT2D eigenvalue weighted by Gasteiger charge is -2.21. The Hall–Kier alpha value is -4.26. The van der Waals surface area contributed by atoms with E-state index in [0.29, 0.717) is 36.9 Å². The van der Waals surface area contributed by atoms with Crippen molar-refractivity contribution in [2.24, 2.45) is 5.90 Å². The molecule has 0 heterocycles. The second-order valence-electron chi connectivity index (χ2n) is 9.47. The second-order valence-corrected chi connectivity index (χ2v) is 9.47. The van der Waals surface area contributed by atoms with E-state index in [-0.39, 0.29) is 0 Å². The van der Waals surface area contributed by atoms with Gasteiger partial charge >= 0.3 is 0 Å². The summed E-state index contributed by atoms with van der Waals surface area (Å²) >= 11 is 0. The maximum atomic E-state index is 6.12. The molecular formula is C34H38N2O4. The number of benzene rings is 4. The van der Waals surface area contributed by atoms with E-state index in [1.54, 1.807) is 26.4 Å². The maximum absolute atomic E-state index is 6.12. The lowest BCUT2D eigenvalue weighted by Crippen LogP contribution is -2.24. The molecule has 2 N–H and O–H groups in total. The van der Waals surface area contributed by atoms with E-state index >= 15 is 0 Å². The third-order valence-electron chi connectivity index (χ3n) is 6.87. The van der Waals surface area contributed by atoms with Gasteiger partial charge in [0.2, 0.25) is 0 Å². The highest BCUT2D eigenvalue weighted by atomic mass is 16.6. The van der Waals surface area contributed by atoms with E-state index in [9.17, 15) is 0 Å². The topological polar surface area (TPSA) is 66.2 Å². The number of hydrogen-bond donors (Lipinski definition) is 1. The van der Waals surface area contributed by atoms with Gasteiger partial charge in [0.15, 0.2) is 5.75 Å². The van der Waals surface area contributed by atoms with E-state index in [0.717, 1.165) is 17.7 Å². The van der Waals surface area contributed by atoms with Crippen molar-refractivity contribution in [2.75, 3.05) is 34.4 Å². The summed E-state index contributed by atoms with van der Waals surface area (Å²) < 4.78 is 17.2. The zero-order valence-electron chi connectivity index (χ0n) is 23.7. The lowest BCUT2D eigenvalue weighted by molar-refractivity contribution is 0.228. The number of rotatable bonds is 13. The van der Waals surface area contributed by atoms with Crippen molar-refractivity contribution in [1.82, 2.24) is 4.90 Å². The minimum Gasteiger partial charge on any atom is -0.496 e. The number of allylic oxidation sites excluding steroid dienone is 1. The van der Waals surface area contributed by atoms with Crippen molar-refractivity contribution in [3.05, 3.63) is 119 Å². The fourth-order valence-electron chi connectivity index (χ4n) is 4.85. The van der Waals surface area contributed by atoms with Gasteiger partial charge in [0, 0.05) is 25.2 Å². The zero-order valence-corrected chi connectivity index (χ0v) is 23.7. The van der Waals surface area contributed by atoms with Crippen LogP contribution in [0.5, 0.6) is 23.0 Å². The molecule has 0 saturated carbocycles. The molecule has 0 atom stereocenters. The van der Waals surface area contributed by atoms with Crippen LogP contribution in [0.2, 0.25) is 0 Å². The van der Waals surface area contributed by atoms with Crippen LogP contribution >= 0.6 is 0 Å². The first-order chi connectivity index (χ1) is 19.6. The van der Waals surface area contributed by atoms with E-state index < -0.39 is 0 Å². The van der Waals surface area contributed by atoms with Gasteiger partial charge in [-0.25, -0.2) is 0 Å². The molecule has 0 bridgehead atoms. The molecule has 0 saturated heterocycles. The van der Waals surface area contributed by atoms with Crippen LogP contribution in [0.1, 0.15) is 35.6 Å². The summed E-state index contributed by atoms with van der Waals surface area (Å²) in [5.41, 5.74) is 7.10. The Morgan fingerprint density at radius 3 is 1.80 bits per heavy atom. The Balaban J connectivity index is 1.46. The van der Waals surface area contributed by atoms with E-state index in [4.69, 9.17) is 24.9 Å². The lowest BCUT2D eigenvalue weighted by atomic mass is 9.88. The first kappa shape index (κ1) is 28.7. The molecule has 0 aliphatic carbocycles. The second kappa shape index (κ2) is 14.2. The zero-order chi connectivity index (χ0) is 28.3. The van der Waals surface area contributed by atoms with Gasteiger partial charge in [-0.05, 0) is 53.4 Å². The molecular weight excluding hydrogens is 500 g/mol. The van der Waals surface area contributed by atoms with Crippen LogP contribution in [0.3, 0.4) is 0 Å². The molecule has 6 heteroatoms. The van der Waals surface area contributed by atoms with Crippen LogP contribution in [0.15, 0.2) is 97.1 Å². The van der Waals surface area contributed by atoms with Gasteiger partial charge in [0.1, 0.15) is 23.9 Å². The third kappa shape index (κ3) is 7.03. The van der Waals surface area contributed by atoms with E-state index in [1.807, 2.05) is 19.2 Å². The average Bonchev–Trinajstić information content (AvgIpc) is 3.01. The quantitative estimate of drug-likeness (QED) is 0.149. The summed E-state index contributed by atoms with van der Waals surface area (Å²) in [7, 11) is 5.27. The van der Waals surface area contributed by atoms with Crippen molar-refractivity contribution in [2.45, 2.75) is 19.9 Å². The molecule has 40 heavy (non-hydrogen) atoms. The number of likely N-dealkylation sites (N-methyl/N-ethyl adjacent to an activating group) is 1. The van der Waals surface area contributed by atoms with Crippen LogP contribution < -0.4 is 24.9 Å². The Morgan fingerprint density at radius 1 is 0.725 bits per heavy atom. The van der Waals surface area contributed by atoms with Gasteiger partial charge < -0.3 is 19.0 Å². The molecule has 0 amide bonds. The normalized spacial score (nSPS) is 11.7. The highest BCUT2D eigenvalue weighted by Gasteiger charge is 2.16. The summed E-state index contributed by atoms with van der Waals surface area (Å²) in [5, 5.41) is 0. The fraction of sp³-hybridized carbons (Fsp3) is 0.235. The van der Waals surface area contributed by atoms with Crippen LogP contribution in [0.25, 0.3) is 11.1 Å². The Kier molecular flexibility index (Phi) is 10.2. The van der Waals surface area contributed by atoms with Crippen LogP contribution in [0, 0.1) is 0 Å². The van der Waals surface area contributed by atoms with Gasteiger partial charge in [0.25, 0.3) is 0 Å². The van der Waals surface area contributed by atoms with Crippen LogP contribution in [-0.4, -0.2) is 39.3 Å². The molecule has 4 aromatic carbocycles. The summed E-state index contributed by atoms with van der Waals surface area (Å²) in [6.07, 6.45) is 0.927. The maximum Gasteiger partial charge on any atom is 0.154 e. The molecule has 0 spiro atoms. The predicted molar refractivity (Wildman–Crippen MR) is 162 cm³/mol. The van der Waals surface area contributed by atoms with Gasteiger partial charge in [0.05, 0.1) is 19.8 Å². The molecule has 0 unspecified atom stereocenters. The molecule has 0 aromatic heterocycles. The molecule has 0 radical (unpaired) electrons.